The van der Waals surface area contributed by atoms with Crippen LogP contribution in [0.2, 0.25) is 0 Å². The van der Waals surface area contributed by atoms with E-state index < -0.39 is 29.7 Å². The van der Waals surface area contributed by atoms with Crippen LogP contribution in [0.5, 0.6) is 5.75 Å². The second-order valence-corrected chi connectivity index (χ2v) is 8.04. The van der Waals surface area contributed by atoms with Crippen molar-refractivity contribution in [3.05, 3.63) is 101 Å². The summed E-state index contributed by atoms with van der Waals surface area (Å²) in [5.74, 6) is -2.13. The lowest BCUT2D eigenvalue weighted by Gasteiger charge is -2.29. The summed E-state index contributed by atoms with van der Waals surface area (Å²) in [4.78, 5) is 37.2. The highest BCUT2D eigenvalue weighted by Gasteiger charge is 2.46. The number of carboxylic acid groups (broad SMARTS) is 1. The first-order chi connectivity index (χ1) is 16.8. The van der Waals surface area contributed by atoms with Gasteiger partial charge in [-0.15, -0.1) is 0 Å². The van der Waals surface area contributed by atoms with Gasteiger partial charge in [-0.1, -0.05) is 54.6 Å². The minimum atomic E-state index is -2.15. The van der Waals surface area contributed by atoms with Crippen molar-refractivity contribution in [3.8, 4) is 5.75 Å². The molecule has 7 heteroatoms. The Kier molecular flexibility index (Phi) is 8.75. The molecule has 1 unspecified atom stereocenters. The second kappa shape index (κ2) is 11.9. The topological polar surface area (TPSA) is 99.1 Å². The van der Waals surface area contributed by atoms with Crippen LogP contribution in [0.1, 0.15) is 40.4 Å². The summed E-state index contributed by atoms with van der Waals surface area (Å²) in [6, 6.07) is 22.8. The molecule has 0 aliphatic heterocycles. The molecule has 0 amide bonds. The second-order valence-electron chi connectivity index (χ2n) is 8.04. The number of methoxy groups -OCH3 is 1. The number of hydrogen-bond donors (Lipinski definition) is 1. The molecule has 0 saturated carbocycles. The van der Waals surface area contributed by atoms with Gasteiger partial charge in [-0.05, 0) is 41.8 Å². The molecule has 0 aliphatic rings. The van der Waals surface area contributed by atoms with E-state index in [1.807, 2.05) is 30.3 Å². The third kappa shape index (κ3) is 6.77. The van der Waals surface area contributed by atoms with E-state index in [9.17, 15) is 19.5 Å². The van der Waals surface area contributed by atoms with Gasteiger partial charge in [0.1, 0.15) is 5.75 Å². The number of hydrogen-bond acceptors (Lipinski definition) is 6. The van der Waals surface area contributed by atoms with E-state index in [1.54, 1.807) is 48.5 Å². The average Bonchev–Trinajstić information content (AvgIpc) is 2.86. The summed E-state index contributed by atoms with van der Waals surface area (Å²) in [6.45, 7) is 2.10. The van der Waals surface area contributed by atoms with Crippen LogP contribution in [0.25, 0.3) is 0 Å². The standard InChI is InChI=1S/C28H28O7/c1-20(29)35-28(27(31)32,18-26(30)23-10-14-25(33-2)15-11-23)24-12-8-21(9-13-24)16-17-34-19-22-6-4-3-5-7-22/h3-15H,16-19H2,1-2H3,(H,31,32). The van der Waals surface area contributed by atoms with Crippen molar-refractivity contribution in [2.45, 2.75) is 32.0 Å². The summed E-state index contributed by atoms with van der Waals surface area (Å²) in [5.41, 5.74) is 0.347. The first-order valence-corrected chi connectivity index (χ1v) is 11.2. The van der Waals surface area contributed by atoms with Crippen molar-refractivity contribution in [2.24, 2.45) is 0 Å². The van der Waals surface area contributed by atoms with Crippen molar-refractivity contribution < 1.29 is 33.7 Å². The van der Waals surface area contributed by atoms with Crippen molar-refractivity contribution in [1.82, 2.24) is 0 Å². The Hall–Kier alpha value is -3.97. The van der Waals surface area contributed by atoms with Gasteiger partial charge in [0.15, 0.2) is 5.78 Å². The lowest BCUT2D eigenvalue weighted by atomic mass is 9.86. The molecule has 3 aromatic carbocycles. The van der Waals surface area contributed by atoms with Crippen LogP contribution >= 0.6 is 0 Å². The number of rotatable bonds is 12. The number of Topliss-reactive ketones (excluding diaryl/α,β-unsaturated/α-hetero) is 1. The maximum atomic E-state index is 13.0. The largest absolute Gasteiger partial charge is 0.497 e. The third-order valence-corrected chi connectivity index (χ3v) is 5.55. The Bertz CT molecular complexity index is 1140. The molecular formula is C28H28O7. The van der Waals surface area contributed by atoms with Crippen LogP contribution in [-0.2, 0) is 37.7 Å². The number of carbonyl (C=O) groups is 3. The first-order valence-electron chi connectivity index (χ1n) is 11.2. The normalized spacial score (nSPS) is 12.4. The van der Waals surface area contributed by atoms with Gasteiger partial charge in [0, 0.05) is 18.1 Å². The third-order valence-electron chi connectivity index (χ3n) is 5.55. The van der Waals surface area contributed by atoms with Gasteiger partial charge >= 0.3 is 11.9 Å². The molecule has 0 radical (unpaired) electrons. The number of carboxylic acids is 1. The molecule has 182 valence electrons. The number of carbonyl (C=O) groups excluding carboxylic acids is 2. The van der Waals surface area contributed by atoms with Crippen LogP contribution in [0.4, 0.5) is 0 Å². The van der Waals surface area contributed by atoms with Gasteiger partial charge in [-0.25, -0.2) is 4.79 Å². The summed E-state index contributed by atoms with van der Waals surface area (Å²) < 4.78 is 16.1. The number of aliphatic carboxylic acids is 1. The van der Waals surface area contributed by atoms with Gasteiger partial charge in [0.2, 0.25) is 5.60 Å². The van der Waals surface area contributed by atoms with E-state index in [1.165, 1.54) is 7.11 Å². The Morgan fingerprint density at radius 3 is 2.09 bits per heavy atom. The van der Waals surface area contributed by atoms with Crippen LogP contribution in [0.15, 0.2) is 78.9 Å². The fourth-order valence-electron chi connectivity index (χ4n) is 3.69. The zero-order valence-corrected chi connectivity index (χ0v) is 19.7. The summed E-state index contributed by atoms with van der Waals surface area (Å²) in [5, 5.41) is 10.1. The molecule has 3 aromatic rings. The highest BCUT2D eigenvalue weighted by molar-refractivity contribution is 6.00. The van der Waals surface area contributed by atoms with Gasteiger partial charge in [-0.2, -0.15) is 0 Å². The quantitative estimate of drug-likeness (QED) is 0.232. The Balaban J connectivity index is 1.74. The molecule has 0 aliphatic carbocycles. The van der Waals surface area contributed by atoms with Gasteiger partial charge in [-0.3, -0.25) is 9.59 Å². The van der Waals surface area contributed by atoms with E-state index in [-0.39, 0.29) is 11.1 Å². The van der Waals surface area contributed by atoms with Crippen molar-refractivity contribution >= 4 is 17.7 Å². The molecule has 1 N–H and O–H groups in total. The molecule has 7 nitrogen and oxygen atoms in total. The number of esters is 1. The molecule has 35 heavy (non-hydrogen) atoms. The van der Waals surface area contributed by atoms with Crippen LogP contribution < -0.4 is 4.74 Å². The van der Waals surface area contributed by atoms with Gasteiger partial charge in [0.25, 0.3) is 0 Å². The van der Waals surface area contributed by atoms with E-state index in [0.717, 1.165) is 18.1 Å². The maximum Gasteiger partial charge on any atom is 0.353 e. The van der Waals surface area contributed by atoms with E-state index in [2.05, 4.69) is 0 Å². The predicted molar refractivity (Wildman–Crippen MR) is 129 cm³/mol. The first kappa shape index (κ1) is 25.6. The van der Waals surface area contributed by atoms with Crippen molar-refractivity contribution in [2.75, 3.05) is 13.7 Å². The molecule has 0 spiro atoms. The van der Waals surface area contributed by atoms with Crippen LogP contribution in [0.3, 0.4) is 0 Å². The zero-order chi connectivity index (χ0) is 25.3. The monoisotopic (exact) mass is 476 g/mol. The number of ketones is 1. The van der Waals surface area contributed by atoms with Crippen molar-refractivity contribution in [3.63, 3.8) is 0 Å². The molecule has 0 saturated heterocycles. The summed E-state index contributed by atoms with van der Waals surface area (Å²) in [7, 11) is 1.51. The molecule has 0 heterocycles. The van der Waals surface area contributed by atoms with Crippen LogP contribution in [-0.4, -0.2) is 36.5 Å². The van der Waals surface area contributed by atoms with E-state index >= 15 is 0 Å². The molecule has 0 fully saturated rings. The smallest absolute Gasteiger partial charge is 0.353 e. The van der Waals surface area contributed by atoms with Crippen molar-refractivity contribution in [1.29, 1.82) is 0 Å². The van der Waals surface area contributed by atoms with Gasteiger partial charge in [0.05, 0.1) is 26.7 Å². The zero-order valence-electron chi connectivity index (χ0n) is 19.7. The fourth-order valence-corrected chi connectivity index (χ4v) is 3.69. The summed E-state index contributed by atoms with van der Waals surface area (Å²) in [6.07, 6.45) is 0.0688. The predicted octanol–water partition coefficient (Wildman–Crippen LogP) is 4.57. The maximum absolute atomic E-state index is 13.0. The average molecular weight is 477 g/mol. The van der Waals surface area contributed by atoms with E-state index in [4.69, 9.17) is 14.2 Å². The fraction of sp³-hybridized carbons (Fsp3) is 0.250. The Morgan fingerprint density at radius 1 is 0.857 bits per heavy atom. The lowest BCUT2D eigenvalue weighted by molar-refractivity contribution is -0.178. The van der Waals surface area contributed by atoms with Gasteiger partial charge < -0.3 is 19.3 Å². The Morgan fingerprint density at radius 2 is 1.51 bits per heavy atom. The highest BCUT2D eigenvalue weighted by Crippen LogP contribution is 2.33. The molecule has 0 aromatic heterocycles. The molecule has 0 bridgehead atoms. The lowest BCUT2D eigenvalue weighted by Crippen LogP contribution is -2.42. The molecular weight excluding hydrogens is 448 g/mol. The Labute approximate surface area is 204 Å². The van der Waals surface area contributed by atoms with E-state index in [0.29, 0.717) is 25.4 Å². The minimum Gasteiger partial charge on any atom is -0.497 e. The SMILES string of the molecule is COc1ccc(C(=O)CC(OC(C)=O)(C(=O)O)c2ccc(CCOCc3ccccc3)cc2)cc1. The minimum absolute atomic E-state index is 0.205. The molecule has 3 rings (SSSR count). The molecule has 1 atom stereocenters. The number of benzene rings is 3. The highest BCUT2D eigenvalue weighted by atomic mass is 16.6. The summed E-state index contributed by atoms with van der Waals surface area (Å²) >= 11 is 0. The number of ether oxygens (including phenoxy) is 3. The van der Waals surface area contributed by atoms with Crippen LogP contribution in [0, 0.1) is 0 Å².